The number of H-pyrrole nitrogens is 1. The molecule has 0 spiro atoms. The number of carbonyl (C=O) groups is 1. The molecule has 0 saturated heterocycles. The largest absolute Gasteiger partial charge is 0.477 e. The molecule has 17 heavy (non-hydrogen) atoms. The summed E-state index contributed by atoms with van der Waals surface area (Å²) in [6, 6.07) is 3.77. The summed E-state index contributed by atoms with van der Waals surface area (Å²) in [5.74, 6) is -1.66. The van der Waals surface area contributed by atoms with Gasteiger partial charge in [0.15, 0.2) is 0 Å². The van der Waals surface area contributed by atoms with E-state index in [-0.39, 0.29) is 15.9 Å². The van der Waals surface area contributed by atoms with Crippen LogP contribution in [0.25, 0.3) is 10.9 Å². The van der Waals surface area contributed by atoms with Gasteiger partial charge in [0.2, 0.25) is 0 Å². The maximum atomic E-state index is 12.8. The van der Waals surface area contributed by atoms with Crippen LogP contribution in [0.4, 0.5) is 13.2 Å². The Morgan fingerprint density at radius 2 is 2.00 bits per heavy atom. The summed E-state index contributed by atoms with van der Waals surface area (Å²) in [4.78, 5) is 13.0. The lowest BCUT2D eigenvalue weighted by molar-refractivity contribution is -0.136. The third-order valence-electron chi connectivity index (χ3n) is 2.26. The number of hydrogen-bond acceptors (Lipinski definition) is 1. The van der Waals surface area contributed by atoms with Crippen LogP contribution >= 0.6 is 11.6 Å². The fourth-order valence-corrected chi connectivity index (χ4v) is 1.79. The fourth-order valence-electron chi connectivity index (χ4n) is 1.62. The third kappa shape index (κ3) is 1.95. The van der Waals surface area contributed by atoms with Crippen molar-refractivity contribution in [2.45, 2.75) is 6.18 Å². The number of alkyl halides is 3. The van der Waals surface area contributed by atoms with E-state index in [2.05, 4.69) is 4.98 Å². The van der Waals surface area contributed by atoms with E-state index in [1.807, 2.05) is 0 Å². The summed E-state index contributed by atoms with van der Waals surface area (Å²) in [6.45, 7) is 0. The van der Waals surface area contributed by atoms with Crippen LogP contribution < -0.4 is 0 Å². The molecule has 90 valence electrons. The van der Waals surface area contributed by atoms with Gasteiger partial charge in [-0.05, 0) is 18.2 Å². The molecule has 0 unspecified atom stereocenters. The highest BCUT2D eigenvalue weighted by Crippen LogP contribution is 2.38. The number of hydrogen-bond donors (Lipinski definition) is 2. The maximum Gasteiger partial charge on any atom is 0.419 e. The molecule has 0 fully saturated rings. The number of carboxylic acids is 1. The molecule has 0 radical (unpaired) electrons. The first-order chi connectivity index (χ1) is 7.80. The number of fused-ring (bicyclic) bond motifs is 1. The van der Waals surface area contributed by atoms with E-state index in [9.17, 15) is 18.0 Å². The molecule has 2 N–H and O–H groups in total. The van der Waals surface area contributed by atoms with Crippen molar-refractivity contribution in [3.05, 3.63) is 34.5 Å². The van der Waals surface area contributed by atoms with Crippen molar-refractivity contribution in [3.63, 3.8) is 0 Å². The van der Waals surface area contributed by atoms with E-state index >= 15 is 0 Å². The Hall–Kier alpha value is -1.69. The second-order valence-electron chi connectivity index (χ2n) is 3.37. The maximum absolute atomic E-state index is 12.8. The Morgan fingerprint density at radius 3 is 2.53 bits per heavy atom. The average molecular weight is 264 g/mol. The predicted molar refractivity (Wildman–Crippen MR) is 55.3 cm³/mol. The molecular formula is C10H5ClF3NO2. The Morgan fingerprint density at radius 1 is 1.35 bits per heavy atom. The van der Waals surface area contributed by atoms with E-state index < -0.39 is 23.4 Å². The van der Waals surface area contributed by atoms with Gasteiger partial charge in [-0.15, -0.1) is 0 Å². The molecule has 1 heterocycles. The Kier molecular flexibility index (Phi) is 2.54. The zero-order valence-corrected chi connectivity index (χ0v) is 8.86. The molecule has 2 aromatic rings. The summed E-state index contributed by atoms with van der Waals surface area (Å²) in [5, 5.41) is 8.60. The first-order valence-electron chi connectivity index (χ1n) is 4.42. The van der Waals surface area contributed by atoms with Gasteiger partial charge in [0.1, 0.15) is 5.69 Å². The molecule has 0 aliphatic carbocycles. The lowest BCUT2D eigenvalue weighted by atomic mass is 10.1. The molecule has 0 amide bonds. The first-order valence-corrected chi connectivity index (χ1v) is 4.80. The number of aromatic amines is 1. The van der Waals surface area contributed by atoms with Gasteiger partial charge in [-0.1, -0.05) is 11.6 Å². The van der Waals surface area contributed by atoms with Crippen molar-refractivity contribution in [1.82, 2.24) is 4.98 Å². The molecule has 2 rings (SSSR count). The molecular weight excluding hydrogens is 259 g/mol. The van der Waals surface area contributed by atoms with Crippen molar-refractivity contribution in [2.75, 3.05) is 0 Å². The van der Waals surface area contributed by atoms with Crippen molar-refractivity contribution in [3.8, 4) is 0 Å². The molecule has 0 aliphatic heterocycles. The molecule has 0 atom stereocenters. The minimum absolute atomic E-state index is 0.0825. The molecule has 1 aromatic carbocycles. The second kappa shape index (κ2) is 3.66. The smallest absolute Gasteiger partial charge is 0.419 e. The van der Waals surface area contributed by atoms with Crippen LogP contribution in [-0.2, 0) is 6.18 Å². The lowest BCUT2D eigenvalue weighted by Gasteiger charge is -2.06. The predicted octanol–water partition coefficient (Wildman–Crippen LogP) is 3.54. The number of rotatable bonds is 1. The van der Waals surface area contributed by atoms with Crippen LogP contribution in [0.3, 0.4) is 0 Å². The van der Waals surface area contributed by atoms with Crippen LogP contribution in [0.2, 0.25) is 5.02 Å². The average Bonchev–Trinajstić information content (AvgIpc) is 2.55. The molecule has 7 heteroatoms. The van der Waals surface area contributed by atoms with Crippen LogP contribution in [0, 0.1) is 0 Å². The van der Waals surface area contributed by atoms with Gasteiger partial charge in [0.25, 0.3) is 0 Å². The minimum Gasteiger partial charge on any atom is -0.477 e. The standard InChI is InChI=1S/C10H5ClF3NO2/c11-4-1-2-6-5(3-4)7(10(12,13)14)8(15-6)9(16)17/h1-3,15H,(H,16,17). The van der Waals surface area contributed by atoms with Crippen molar-refractivity contribution in [1.29, 1.82) is 0 Å². The summed E-state index contributed by atoms with van der Waals surface area (Å²) in [5.41, 5.74) is -2.00. The van der Waals surface area contributed by atoms with E-state index in [1.165, 1.54) is 12.1 Å². The molecule has 3 nitrogen and oxygen atoms in total. The summed E-state index contributed by atoms with van der Waals surface area (Å²) < 4.78 is 38.3. The monoisotopic (exact) mass is 263 g/mol. The summed E-state index contributed by atoms with van der Waals surface area (Å²) >= 11 is 5.60. The second-order valence-corrected chi connectivity index (χ2v) is 3.80. The number of benzene rings is 1. The van der Waals surface area contributed by atoms with Gasteiger partial charge >= 0.3 is 12.1 Å². The summed E-state index contributed by atoms with van der Waals surface area (Å²) in [7, 11) is 0. The number of carboxylic acid groups (broad SMARTS) is 1. The van der Waals surface area contributed by atoms with Gasteiger partial charge in [-0.2, -0.15) is 13.2 Å². The van der Waals surface area contributed by atoms with Gasteiger partial charge in [0.05, 0.1) is 5.56 Å². The van der Waals surface area contributed by atoms with Crippen molar-refractivity contribution < 1.29 is 23.1 Å². The van der Waals surface area contributed by atoms with Gasteiger partial charge in [0, 0.05) is 15.9 Å². The molecule has 1 aromatic heterocycles. The highest BCUT2D eigenvalue weighted by Gasteiger charge is 2.39. The number of aromatic nitrogens is 1. The summed E-state index contributed by atoms with van der Waals surface area (Å²) in [6.07, 6.45) is -4.75. The third-order valence-corrected chi connectivity index (χ3v) is 2.49. The minimum atomic E-state index is -4.75. The first kappa shape index (κ1) is 11.8. The molecule has 0 saturated carbocycles. The quantitative estimate of drug-likeness (QED) is 0.827. The molecule has 0 bridgehead atoms. The number of aromatic carboxylic acids is 1. The highest BCUT2D eigenvalue weighted by molar-refractivity contribution is 6.31. The Labute approximate surface area is 97.8 Å². The van der Waals surface area contributed by atoms with E-state index in [1.54, 1.807) is 0 Å². The van der Waals surface area contributed by atoms with E-state index in [0.29, 0.717) is 0 Å². The fraction of sp³-hybridized carbons (Fsp3) is 0.100. The van der Waals surface area contributed by atoms with Crippen LogP contribution in [-0.4, -0.2) is 16.1 Å². The number of nitrogens with one attached hydrogen (secondary N) is 1. The van der Waals surface area contributed by atoms with Crippen LogP contribution in [0.15, 0.2) is 18.2 Å². The molecule has 0 aliphatic rings. The van der Waals surface area contributed by atoms with Crippen molar-refractivity contribution >= 4 is 28.5 Å². The topological polar surface area (TPSA) is 53.1 Å². The zero-order chi connectivity index (χ0) is 12.8. The van der Waals surface area contributed by atoms with E-state index in [0.717, 1.165) is 6.07 Å². The van der Waals surface area contributed by atoms with Gasteiger partial charge < -0.3 is 10.1 Å². The Bertz CT molecular complexity index is 603. The lowest BCUT2D eigenvalue weighted by Crippen LogP contribution is -2.11. The van der Waals surface area contributed by atoms with E-state index in [4.69, 9.17) is 16.7 Å². The van der Waals surface area contributed by atoms with Crippen LogP contribution in [0.5, 0.6) is 0 Å². The SMILES string of the molecule is O=C(O)c1[nH]c2ccc(Cl)cc2c1C(F)(F)F. The normalized spacial score (nSPS) is 12.0. The van der Waals surface area contributed by atoms with Gasteiger partial charge in [-0.3, -0.25) is 0 Å². The zero-order valence-electron chi connectivity index (χ0n) is 8.10. The van der Waals surface area contributed by atoms with Crippen LogP contribution in [0.1, 0.15) is 16.1 Å². The number of halogens is 4. The highest BCUT2D eigenvalue weighted by atomic mass is 35.5. The van der Waals surface area contributed by atoms with Crippen molar-refractivity contribution in [2.24, 2.45) is 0 Å². The van der Waals surface area contributed by atoms with Gasteiger partial charge in [-0.25, -0.2) is 4.79 Å². The Balaban J connectivity index is 2.87.